The van der Waals surface area contributed by atoms with Gasteiger partial charge in [-0.15, -0.1) is 0 Å². The van der Waals surface area contributed by atoms with Gasteiger partial charge in [-0.25, -0.2) is 0 Å². The maximum absolute atomic E-state index is 14.1. The second kappa shape index (κ2) is 7.41. The lowest BCUT2D eigenvalue weighted by molar-refractivity contribution is -0.265. The Bertz CT molecular complexity index is 1010. The van der Waals surface area contributed by atoms with Crippen molar-refractivity contribution in [1.29, 1.82) is 0 Å². The average molecular weight is 468 g/mol. The number of azide groups is 1. The molecule has 0 bridgehead atoms. The molecule has 2 heterocycles. The number of fused-ring (bicyclic) bond motifs is 7. The van der Waals surface area contributed by atoms with Crippen molar-refractivity contribution in [2.45, 2.75) is 90.6 Å². The van der Waals surface area contributed by atoms with Gasteiger partial charge in [0.05, 0.1) is 24.2 Å². The highest BCUT2D eigenvalue weighted by Gasteiger charge is 2.69. The molecular weight excluding hydrogens is 430 g/mol. The maximum atomic E-state index is 14.1. The van der Waals surface area contributed by atoms with Crippen molar-refractivity contribution >= 4 is 11.6 Å². The van der Waals surface area contributed by atoms with Crippen LogP contribution >= 0.6 is 0 Å². The van der Waals surface area contributed by atoms with Gasteiger partial charge in [0.2, 0.25) is 0 Å². The lowest BCUT2D eigenvalue weighted by Gasteiger charge is -2.59. The van der Waals surface area contributed by atoms with Gasteiger partial charge in [0.1, 0.15) is 11.6 Å². The summed E-state index contributed by atoms with van der Waals surface area (Å²) in [5.74, 6) is 1.45. The van der Waals surface area contributed by atoms with Crippen molar-refractivity contribution in [2.75, 3.05) is 6.61 Å². The van der Waals surface area contributed by atoms with Crippen LogP contribution < -0.4 is 0 Å². The Morgan fingerprint density at radius 2 is 1.94 bits per heavy atom. The molecule has 7 heteroatoms. The van der Waals surface area contributed by atoms with E-state index in [1.54, 1.807) is 0 Å². The van der Waals surface area contributed by atoms with Gasteiger partial charge in [0, 0.05) is 36.0 Å². The minimum Gasteiger partial charge on any atom is -0.349 e. The third kappa shape index (κ3) is 2.81. The molecule has 0 N–H and O–H groups in total. The van der Waals surface area contributed by atoms with E-state index in [1.165, 1.54) is 5.57 Å². The van der Waals surface area contributed by atoms with Crippen LogP contribution in [0.4, 0.5) is 0 Å². The quantitative estimate of drug-likeness (QED) is 0.223. The van der Waals surface area contributed by atoms with Crippen molar-refractivity contribution in [2.24, 2.45) is 51.5 Å². The fourth-order valence-corrected chi connectivity index (χ4v) is 9.24. The average Bonchev–Trinajstić information content (AvgIpc) is 3.24. The van der Waals surface area contributed by atoms with Crippen molar-refractivity contribution < 1.29 is 19.1 Å². The summed E-state index contributed by atoms with van der Waals surface area (Å²) in [6.07, 6.45) is 7.82. The van der Waals surface area contributed by atoms with Crippen LogP contribution in [-0.2, 0) is 19.1 Å². The summed E-state index contributed by atoms with van der Waals surface area (Å²) < 4.78 is 13.1. The van der Waals surface area contributed by atoms with Crippen LogP contribution in [-0.4, -0.2) is 36.1 Å². The SMILES string of the molecule is C[C@H]1CC[C@@]2(OC1)O[C@H]1C=C3[C@@H]4CC[C@H]5CC(=O)C(N=[N+]=[N-])C[C@]5(C)[C@H]4CC(=O)[C@]3(C)[C@H]1[C@@H]2C. The fraction of sp³-hybridized carbons (Fsp3) is 0.852. The first-order valence-corrected chi connectivity index (χ1v) is 13.3. The molecular formula is C27H37N3O4. The van der Waals surface area contributed by atoms with Gasteiger partial charge < -0.3 is 9.47 Å². The first-order chi connectivity index (χ1) is 16.1. The standard InChI is InChI=1S/C27H37N3O4/c1-14-7-8-27(33-13-14)15(2)24-22(34-27)10-19-17-6-5-16-9-21(31)20(29-30-28)12-25(16,3)18(17)11-23(32)26(19,24)4/h10,14-18,20,22,24H,5-9,11-13H2,1-4H3/t14-,15-,16-,17+,18-,20?,22-,24-,25-,26+,27+/m0/s1. The maximum Gasteiger partial charge on any atom is 0.172 e. The summed E-state index contributed by atoms with van der Waals surface area (Å²) in [4.78, 5) is 29.6. The smallest absolute Gasteiger partial charge is 0.172 e. The fourth-order valence-electron chi connectivity index (χ4n) is 9.24. The van der Waals surface area contributed by atoms with E-state index in [0.717, 1.165) is 32.3 Å². The van der Waals surface area contributed by atoms with Crippen LogP contribution in [0, 0.1) is 46.3 Å². The molecule has 7 nitrogen and oxygen atoms in total. The largest absolute Gasteiger partial charge is 0.349 e. The summed E-state index contributed by atoms with van der Waals surface area (Å²) in [5, 5.41) is 3.85. The van der Waals surface area contributed by atoms with Crippen molar-refractivity contribution in [1.82, 2.24) is 0 Å². The molecule has 6 rings (SSSR count). The Morgan fingerprint density at radius 3 is 2.65 bits per heavy atom. The van der Waals surface area contributed by atoms with Crippen molar-refractivity contribution in [3.8, 4) is 0 Å². The molecule has 1 spiro atoms. The molecule has 3 saturated carbocycles. The highest BCUT2D eigenvalue weighted by molar-refractivity contribution is 5.91. The Hall–Kier alpha value is -1.69. The van der Waals surface area contributed by atoms with Crippen molar-refractivity contribution in [3.05, 3.63) is 22.1 Å². The predicted molar refractivity (Wildman–Crippen MR) is 125 cm³/mol. The third-order valence-electron chi connectivity index (χ3n) is 11.2. The van der Waals surface area contributed by atoms with Gasteiger partial charge in [0.15, 0.2) is 5.79 Å². The summed E-state index contributed by atoms with van der Waals surface area (Å²) >= 11 is 0. The van der Waals surface area contributed by atoms with Crippen LogP contribution in [0.15, 0.2) is 16.8 Å². The van der Waals surface area contributed by atoms with Crippen molar-refractivity contribution in [3.63, 3.8) is 0 Å². The Labute approximate surface area is 201 Å². The van der Waals surface area contributed by atoms with Crippen LogP contribution in [0.3, 0.4) is 0 Å². The van der Waals surface area contributed by atoms with Gasteiger partial charge in [-0.2, -0.15) is 0 Å². The molecule has 0 aromatic heterocycles. The molecule has 0 aromatic carbocycles. The molecule has 34 heavy (non-hydrogen) atoms. The van der Waals surface area contributed by atoms with Gasteiger partial charge in [-0.05, 0) is 67.2 Å². The predicted octanol–water partition coefficient (Wildman–Crippen LogP) is 5.39. The van der Waals surface area contributed by atoms with Crippen LogP contribution in [0.5, 0.6) is 0 Å². The number of allylic oxidation sites excluding steroid dienone is 1. The van der Waals surface area contributed by atoms with Crippen LogP contribution in [0.25, 0.3) is 10.4 Å². The second-order valence-corrected chi connectivity index (χ2v) is 12.7. The van der Waals surface area contributed by atoms with Gasteiger partial charge in [0.25, 0.3) is 0 Å². The molecule has 0 aromatic rings. The monoisotopic (exact) mass is 467 g/mol. The number of carbonyl (C=O) groups excluding carboxylic acids is 2. The minimum atomic E-state index is -0.598. The number of ketones is 2. The lowest BCUT2D eigenvalue weighted by Crippen LogP contribution is -2.57. The highest BCUT2D eigenvalue weighted by atomic mass is 16.7. The first kappa shape index (κ1) is 22.8. The van der Waals surface area contributed by atoms with E-state index in [2.05, 4.69) is 43.8 Å². The zero-order valence-corrected chi connectivity index (χ0v) is 20.8. The molecule has 2 aliphatic heterocycles. The number of ether oxygens (including phenoxy) is 2. The Morgan fingerprint density at radius 1 is 1.15 bits per heavy atom. The summed E-state index contributed by atoms with van der Waals surface area (Å²) in [6.45, 7) is 9.60. The molecule has 184 valence electrons. The molecule has 1 unspecified atom stereocenters. The number of hydrogen-bond acceptors (Lipinski definition) is 5. The number of rotatable bonds is 1. The van der Waals surface area contributed by atoms with E-state index in [9.17, 15) is 9.59 Å². The molecule has 5 fully saturated rings. The van der Waals surface area contributed by atoms with Gasteiger partial charge >= 0.3 is 0 Å². The van der Waals surface area contributed by atoms with Crippen LogP contribution in [0.1, 0.15) is 72.6 Å². The molecule has 2 saturated heterocycles. The zero-order chi connectivity index (χ0) is 24.0. The minimum absolute atomic E-state index is 0.0645. The highest BCUT2D eigenvalue weighted by Crippen LogP contribution is 2.68. The summed E-state index contributed by atoms with van der Waals surface area (Å²) in [6, 6.07) is -0.598. The molecule has 6 aliphatic rings. The van der Waals surface area contributed by atoms with E-state index in [0.29, 0.717) is 36.9 Å². The van der Waals surface area contributed by atoms with E-state index >= 15 is 0 Å². The normalized spacial score (nSPS) is 53.9. The van der Waals surface area contributed by atoms with E-state index in [1.807, 2.05) is 0 Å². The first-order valence-electron chi connectivity index (χ1n) is 13.3. The third-order valence-corrected chi connectivity index (χ3v) is 11.2. The Kier molecular flexibility index (Phi) is 4.96. The number of carbonyl (C=O) groups is 2. The second-order valence-electron chi connectivity index (χ2n) is 12.7. The molecule has 11 atom stereocenters. The van der Waals surface area contributed by atoms with Crippen LogP contribution in [0.2, 0.25) is 0 Å². The van der Waals surface area contributed by atoms with E-state index in [4.69, 9.17) is 15.0 Å². The number of nitrogens with zero attached hydrogens (tertiary/aromatic N) is 3. The molecule has 0 radical (unpaired) electrons. The van der Waals surface area contributed by atoms with E-state index < -0.39 is 17.2 Å². The van der Waals surface area contributed by atoms with Gasteiger partial charge in [-0.1, -0.05) is 37.5 Å². The summed E-state index contributed by atoms with van der Waals surface area (Å²) in [5.41, 5.74) is 9.62. The lowest BCUT2D eigenvalue weighted by atomic mass is 9.45. The summed E-state index contributed by atoms with van der Waals surface area (Å²) in [7, 11) is 0. The topological polar surface area (TPSA) is 101 Å². The number of Topliss-reactive ketones (excluding diaryl/α,β-unsaturated/α-hetero) is 2. The Balaban J connectivity index is 1.34. The number of hydrogen-bond donors (Lipinski definition) is 0. The van der Waals surface area contributed by atoms with E-state index in [-0.39, 0.29) is 41.0 Å². The molecule has 4 aliphatic carbocycles. The molecule has 0 amide bonds. The van der Waals surface area contributed by atoms with Gasteiger partial charge in [-0.3, -0.25) is 9.59 Å². The zero-order valence-electron chi connectivity index (χ0n) is 20.8.